The first kappa shape index (κ1) is 12.2. The van der Waals surface area contributed by atoms with Crippen molar-refractivity contribution in [1.82, 2.24) is 9.78 Å². The molecule has 0 radical (unpaired) electrons. The number of benzene rings is 1. The Bertz CT molecular complexity index is 605. The maximum absolute atomic E-state index is 9.23. The van der Waals surface area contributed by atoms with E-state index in [1.165, 1.54) is 5.46 Å². The first-order chi connectivity index (χ1) is 8.54. The van der Waals surface area contributed by atoms with Crippen molar-refractivity contribution < 1.29 is 0 Å². The first-order valence-corrected chi connectivity index (χ1v) is 5.89. The molecule has 0 spiro atoms. The van der Waals surface area contributed by atoms with Gasteiger partial charge in [-0.05, 0) is 13.8 Å². The van der Waals surface area contributed by atoms with Gasteiger partial charge in [0.25, 0.3) is 0 Å². The van der Waals surface area contributed by atoms with Crippen LogP contribution in [0.3, 0.4) is 0 Å². The fourth-order valence-electron chi connectivity index (χ4n) is 1.86. The standard InChI is InChI=1S/C13H15BN4/c1-8(2)18-13(16)11(7-15)12(17-18)9-3-5-10(14)6-4-9/h3-6,8H,14,16H2,1-2H3. The summed E-state index contributed by atoms with van der Waals surface area (Å²) in [6, 6.07) is 10.2. The van der Waals surface area contributed by atoms with Gasteiger partial charge in [0.05, 0.1) is 0 Å². The topological polar surface area (TPSA) is 67.6 Å². The Kier molecular flexibility index (Phi) is 3.11. The molecule has 0 unspecified atom stereocenters. The fourth-order valence-corrected chi connectivity index (χ4v) is 1.86. The lowest BCUT2D eigenvalue weighted by Gasteiger charge is -2.06. The van der Waals surface area contributed by atoms with E-state index in [0.717, 1.165) is 5.56 Å². The van der Waals surface area contributed by atoms with Crippen molar-refractivity contribution in [3.8, 4) is 17.3 Å². The first-order valence-electron chi connectivity index (χ1n) is 5.89. The molecule has 4 nitrogen and oxygen atoms in total. The van der Waals surface area contributed by atoms with Crippen molar-refractivity contribution >= 4 is 19.1 Å². The average molecular weight is 238 g/mol. The predicted molar refractivity (Wildman–Crippen MR) is 75.4 cm³/mol. The van der Waals surface area contributed by atoms with Crippen LogP contribution in [0.5, 0.6) is 0 Å². The summed E-state index contributed by atoms with van der Waals surface area (Å²) in [4.78, 5) is 0. The smallest absolute Gasteiger partial charge is 0.140 e. The number of nitrogens with zero attached hydrogens (tertiary/aromatic N) is 3. The molecule has 0 aliphatic rings. The number of nitrogens with two attached hydrogens (primary N) is 1. The molecule has 1 heterocycles. The normalized spacial score (nSPS) is 10.6. The van der Waals surface area contributed by atoms with E-state index in [4.69, 9.17) is 5.73 Å². The number of aromatic nitrogens is 2. The van der Waals surface area contributed by atoms with Gasteiger partial charge in [0.2, 0.25) is 0 Å². The van der Waals surface area contributed by atoms with E-state index in [9.17, 15) is 5.26 Å². The van der Waals surface area contributed by atoms with Crippen molar-refractivity contribution in [2.75, 3.05) is 5.73 Å². The van der Waals surface area contributed by atoms with Crippen molar-refractivity contribution in [1.29, 1.82) is 5.26 Å². The molecule has 1 aromatic carbocycles. The van der Waals surface area contributed by atoms with E-state index < -0.39 is 0 Å². The van der Waals surface area contributed by atoms with Crippen molar-refractivity contribution in [3.63, 3.8) is 0 Å². The fraction of sp³-hybridized carbons (Fsp3) is 0.231. The SMILES string of the molecule is Bc1ccc(-c2nn(C(C)C)c(N)c2C#N)cc1. The number of nitriles is 1. The third-order valence-corrected chi connectivity index (χ3v) is 2.87. The molecule has 0 amide bonds. The lowest BCUT2D eigenvalue weighted by molar-refractivity contribution is 0.542. The van der Waals surface area contributed by atoms with Gasteiger partial charge in [-0.3, -0.25) is 0 Å². The minimum absolute atomic E-state index is 0.135. The molecule has 0 aliphatic heterocycles. The summed E-state index contributed by atoms with van der Waals surface area (Å²) in [5.74, 6) is 0.433. The Morgan fingerprint density at radius 3 is 2.44 bits per heavy atom. The molecular formula is C13H15BN4. The molecule has 0 saturated heterocycles. The molecule has 0 saturated carbocycles. The van der Waals surface area contributed by atoms with Crippen molar-refractivity contribution in [3.05, 3.63) is 29.8 Å². The highest BCUT2D eigenvalue weighted by atomic mass is 15.3. The van der Waals surface area contributed by atoms with Crippen LogP contribution in [-0.4, -0.2) is 17.6 Å². The van der Waals surface area contributed by atoms with Crippen LogP contribution in [0.2, 0.25) is 0 Å². The lowest BCUT2D eigenvalue weighted by Crippen LogP contribution is -2.07. The molecule has 18 heavy (non-hydrogen) atoms. The van der Waals surface area contributed by atoms with E-state index in [1.54, 1.807) is 4.68 Å². The quantitative estimate of drug-likeness (QED) is 0.788. The Morgan fingerprint density at radius 1 is 1.33 bits per heavy atom. The minimum atomic E-state index is 0.135. The van der Waals surface area contributed by atoms with Crippen molar-refractivity contribution in [2.24, 2.45) is 0 Å². The lowest BCUT2D eigenvalue weighted by atomic mass is 9.94. The highest BCUT2D eigenvalue weighted by Crippen LogP contribution is 2.27. The molecule has 2 aromatic rings. The Hall–Kier alpha value is -2.22. The molecule has 0 bridgehead atoms. The summed E-state index contributed by atoms with van der Waals surface area (Å²) >= 11 is 0. The second-order valence-corrected chi connectivity index (χ2v) is 4.62. The Morgan fingerprint density at radius 2 is 1.94 bits per heavy atom. The van der Waals surface area contributed by atoms with Crippen LogP contribution >= 0.6 is 0 Å². The van der Waals surface area contributed by atoms with E-state index in [-0.39, 0.29) is 6.04 Å². The van der Waals surface area contributed by atoms with Crippen LogP contribution in [-0.2, 0) is 0 Å². The van der Waals surface area contributed by atoms with Crippen LogP contribution in [0.15, 0.2) is 24.3 Å². The molecule has 2 rings (SSSR count). The van der Waals surface area contributed by atoms with Gasteiger partial charge in [0, 0.05) is 11.6 Å². The third kappa shape index (κ3) is 1.97. The van der Waals surface area contributed by atoms with Gasteiger partial charge < -0.3 is 5.73 Å². The van der Waals surface area contributed by atoms with Gasteiger partial charge in [-0.2, -0.15) is 10.4 Å². The number of hydrogen-bond acceptors (Lipinski definition) is 3. The molecule has 1 aromatic heterocycles. The largest absolute Gasteiger partial charge is 0.383 e. The zero-order valence-electron chi connectivity index (χ0n) is 10.8. The van der Waals surface area contributed by atoms with Crippen LogP contribution in [0.25, 0.3) is 11.3 Å². The number of hydrogen-bond donors (Lipinski definition) is 1. The summed E-state index contributed by atoms with van der Waals surface area (Å²) in [7, 11) is 2.02. The molecule has 0 aliphatic carbocycles. The molecule has 2 N–H and O–H groups in total. The van der Waals surface area contributed by atoms with Crippen LogP contribution in [0, 0.1) is 11.3 Å². The number of rotatable bonds is 2. The minimum Gasteiger partial charge on any atom is -0.383 e. The molecule has 5 heteroatoms. The number of nitrogen functional groups attached to an aromatic ring is 1. The van der Waals surface area contributed by atoms with E-state index >= 15 is 0 Å². The van der Waals surface area contributed by atoms with E-state index in [0.29, 0.717) is 17.1 Å². The zero-order chi connectivity index (χ0) is 13.3. The summed E-state index contributed by atoms with van der Waals surface area (Å²) in [5.41, 5.74) is 9.16. The van der Waals surface area contributed by atoms with Crippen LogP contribution in [0.4, 0.5) is 5.82 Å². The maximum Gasteiger partial charge on any atom is 0.140 e. The summed E-state index contributed by atoms with van der Waals surface area (Å²) in [6.07, 6.45) is 0. The van der Waals surface area contributed by atoms with E-state index in [1.807, 2.05) is 46.0 Å². The summed E-state index contributed by atoms with van der Waals surface area (Å²) < 4.78 is 1.69. The van der Waals surface area contributed by atoms with Gasteiger partial charge >= 0.3 is 0 Å². The van der Waals surface area contributed by atoms with Gasteiger partial charge in [-0.25, -0.2) is 4.68 Å². The highest BCUT2D eigenvalue weighted by molar-refractivity contribution is 6.32. The average Bonchev–Trinajstić information content (AvgIpc) is 2.67. The number of anilines is 1. The molecule has 0 fully saturated rings. The van der Waals surface area contributed by atoms with Crippen LogP contribution in [0.1, 0.15) is 25.5 Å². The second-order valence-electron chi connectivity index (χ2n) is 4.62. The van der Waals surface area contributed by atoms with Crippen molar-refractivity contribution in [2.45, 2.75) is 19.9 Å². The predicted octanol–water partition coefficient (Wildman–Crippen LogP) is 0.843. The highest BCUT2D eigenvalue weighted by Gasteiger charge is 2.18. The van der Waals surface area contributed by atoms with Crippen LogP contribution < -0.4 is 11.2 Å². The van der Waals surface area contributed by atoms with E-state index in [2.05, 4.69) is 11.2 Å². The Balaban J connectivity index is 2.61. The van der Waals surface area contributed by atoms with Gasteiger partial charge in [-0.15, -0.1) is 0 Å². The maximum atomic E-state index is 9.23. The summed E-state index contributed by atoms with van der Waals surface area (Å²) in [5, 5.41) is 13.7. The molecule has 90 valence electrons. The van der Waals surface area contributed by atoms with Gasteiger partial charge in [0.15, 0.2) is 0 Å². The molecular weight excluding hydrogens is 223 g/mol. The second kappa shape index (κ2) is 4.57. The van der Waals surface area contributed by atoms with Gasteiger partial charge in [-0.1, -0.05) is 29.7 Å². The van der Waals surface area contributed by atoms with Gasteiger partial charge in [0.1, 0.15) is 31.0 Å². The molecule has 0 atom stereocenters. The monoisotopic (exact) mass is 238 g/mol. The third-order valence-electron chi connectivity index (χ3n) is 2.87. The summed E-state index contributed by atoms with van der Waals surface area (Å²) in [6.45, 7) is 3.98. The zero-order valence-corrected chi connectivity index (χ0v) is 10.8. The Labute approximate surface area is 107 Å².